The van der Waals surface area contributed by atoms with E-state index in [0.29, 0.717) is 12.3 Å². The zero-order chi connectivity index (χ0) is 26.4. The number of hydrogen-bond acceptors (Lipinski definition) is 5. The molecule has 1 N–H and O–H groups in total. The van der Waals surface area contributed by atoms with Crippen LogP contribution in [-0.2, 0) is 16.6 Å². The minimum absolute atomic E-state index is 0.0985. The maximum absolute atomic E-state index is 13.7. The van der Waals surface area contributed by atoms with Crippen LogP contribution >= 0.6 is 0 Å². The van der Waals surface area contributed by atoms with E-state index >= 15 is 0 Å². The third kappa shape index (κ3) is 6.67. The molecule has 0 aliphatic carbocycles. The molecule has 1 aliphatic rings. The van der Waals surface area contributed by atoms with Gasteiger partial charge < -0.3 is 9.84 Å². The number of likely N-dealkylation sites (N-methyl/N-ethyl adjacent to an activating group) is 1. The maximum Gasteiger partial charge on any atom is 0.247 e. The van der Waals surface area contributed by atoms with Crippen LogP contribution in [0.5, 0.6) is 5.75 Å². The molecule has 3 aromatic carbocycles. The van der Waals surface area contributed by atoms with E-state index in [9.17, 15) is 13.5 Å². The first-order chi connectivity index (χ1) is 17.8. The molecule has 0 fully saturated rings. The van der Waals surface area contributed by atoms with Gasteiger partial charge in [0, 0.05) is 31.6 Å². The maximum atomic E-state index is 13.7. The van der Waals surface area contributed by atoms with Gasteiger partial charge in [0.05, 0.1) is 6.61 Å². The first-order valence-electron chi connectivity index (χ1n) is 12.7. The predicted octanol–water partition coefficient (Wildman–Crippen LogP) is 4.76. The lowest BCUT2D eigenvalue weighted by Gasteiger charge is -2.37. The number of aliphatic hydroxyl groups is 1. The fourth-order valence-corrected chi connectivity index (χ4v) is 6.41. The summed E-state index contributed by atoms with van der Waals surface area (Å²) in [6.45, 7) is 5.15. The van der Waals surface area contributed by atoms with Crippen molar-refractivity contribution in [1.29, 1.82) is 0 Å². The molecule has 6 nitrogen and oxygen atoms in total. The summed E-state index contributed by atoms with van der Waals surface area (Å²) in [5, 5.41) is 9.86. The second kappa shape index (κ2) is 12.0. The molecule has 0 saturated heterocycles. The quantitative estimate of drug-likeness (QED) is 0.434. The van der Waals surface area contributed by atoms with E-state index in [-0.39, 0.29) is 30.1 Å². The Morgan fingerprint density at radius 3 is 2.35 bits per heavy atom. The summed E-state index contributed by atoms with van der Waals surface area (Å²) < 4.78 is 35.3. The summed E-state index contributed by atoms with van der Waals surface area (Å²) in [6.07, 6.45) is 3.70. The highest BCUT2D eigenvalue weighted by atomic mass is 32.2. The minimum atomic E-state index is -3.86. The summed E-state index contributed by atoms with van der Waals surface area (Å²) in [4.78, 5) is 2.33. The lowest BCUT2D eigenvalue weighted by atomic mass is 10.0. The van der Waals surface area contributed by atoms with Gasteiger partial charge in [-0.1, -0.05) is 85.8 Å². The lowest BCUT2D eigenvalue weighted by molar-refractivity contribution is 0.0733. The Balaban J connectivity index is 1.68. The number of sulfonamides is 1. The summed E-state index contributed by atoms with van der Waals surface area (Å²) in [5.41, 5.74) is 3.11. The van der Waals surface area contributed by atoms with Crippen LogP contribution in [0.2, 0.25) is 0 Å². The van der Waals surface area contributed by atoms with Gasteiger partial charge in [-0.05, 0) is 42.8 Å². The normalized spacial score (nSPS) is 20.7. The highest BCUT2D eigenvalue weighted by molar-refractivity contribution is 7.89. The largest absolute Gasteiger partial charge is 0.487 e. The number of aliphatic hydroxyl groups excluding tert-OH is 1. The molecule has 0 spiro atoms. The first kappa shape index (κ1) is 27.1. The van der Waals surface area contributed by atoms with Crippen molar-refractivity contribution in [2.45, 2.75) is 37.4 Å². The van der Waals surface area contributed by atoms with Crippen LogP contribution in [0.4, 0.5) is 0 Å². The molecule has 4 rings (SSSR count). The summed E-state index contributed by atoms with van der Waals surface area (Å²) in [6, 6.07) is 24.9. The van der Waals surface area contributed by atoms with Crippen molar-refractivity contribution in [2.75, 3.05) is 26.7 Å². The molecule has 7 heteroatoms. The summed E-state index contributed by atoms with van der Waals surface area (Å²) >= 11 is 0. The third-order valence-electron chi connectivity index (χ3n) is 6.75. The molecule has 0 amide bonds. The van der Waals surface area contributed by atoms with E-state index in [4.69, 9.17) is 4.74 Å². The number of rotatable bonds is 8. The van der Waals surface area contributed by atoms with Gasteiger partial charge >= 0.3 is 0 Å². The Bertz CT molecular complexity index is 1300. The molecule has 0 aromatic heterocycles. The van der Waals surface area contributed by atoms with Crippen LogP contribution in [0.25, 0.3) is 12.2 Å². The molecule has 1 heterocycles. The SMILES string of the molecule is C[C@@H]1CN([C@H](C)CO)S(=O)(=O)c2ccc(/C=C/c3ccccc3)cc2O[C@@H]1CN(C)Cc1ccccc1. The first-order valence-corrected chi connectivity index (χ1v) is 14.1. The van der Waals surface area contributed by atoms with Crippen LogP contribution in [0.3, 0.4) is 0 Å². The van der Waals surface area contributed by atoms with Crippen LogP contribution in [0, 0.1) is 5.92 Å². The lowest BCUT2D eigenvalue weighted by Crippen LogP contribution is -2.49. The highest BCUT2D eigenvalue weighted by Gasteiger charge is 2.38. The van der Waals surface area contributed by atoms with Gasteiger partial charge in [0.2, 0.25) is 10.0 Å². The molecule has 37 heavy (non-hydrogen) atoms. The smallest absolute Gasteiger partial charge is 0.247 e. The third-order valence-corrected chi connectivity index (χ3v) is 8.77. The molecule has 1 aliphatic heterocycles. The number of fused-ring (bicyclic) bond motifs is 1. The number of nitrogens with zero attached hydrogens (tertiary/aromatic N) is 2. The number of hydrogen-bond donors (Lipinski definition) is 1. The Morgan fingerprint density at radius 1 is 1.03 bits per heavy atom. The average molecular weight is 521 g/mol. The number of ether oxygens (including phenoxy) is 1. The Labute approximate surface area is 220 Å². The van der Waals surface area contributed by atoms with Crippen molar-refractivity contribution in [2.24, 2.45) is 5.92 Å². The Morgan fingerprint density at radius 2 is 1.68 bits per heavy atom. The van der Waals surface area contributed by atoms with Gasteiger partial charge in [-0.25, -0.2) is 8.42 Å². The van der Waals surface area contributed by atoms with Crippen molar-refractivity contribution in [3.05, 3.63) is 95.6 Å². The standard InChI is InChI=1S/C30H36N2O4S/c1-23-19-32(24(2)22-33)37(34,35)30-17-16-26(15-14-25-10-6-4-7-11-25)18-28(30)36-29(23)21-31(3)20-27-12-8-5-9-13-27/h4-18,23-24,29,33H,19-22H2,1-3H3/b15-14+/t23-,24-,29-/m1/s1. The molecule has 0 unspecified atom stereocenters. The van der Waals surface area contributed by atoms with Gasteiger partial charge in [-0.3, -0.25) is 4.90 Å². The number of benzene rings is 3. The molecule has 3 aromatic rings. The predicted molar refractivity (Wildman–Crippen MR) is 149 cm³/mol. The second-order valence-electron chi connectivity index (χ2n) is 9.87. The van der Waals surface area contributed by atoms with E-state index in [1.165, 1.54) is 9.87 Å². The summed E-state index contributed by atoms with van der Waals surface area (Å²) in [5.74, 6) is 0.244. The van der Waals surface area contributed by atoms with Crippen molar-refractivity contribution in [3.8, 4) is 5.75 Å². The minimum Gasteiger partial charge on any atom is -0.487 e. The van der Waals surface area contributed by atoms with Gasteiger partial charge in [-0.15, -0.1) is 0 Å². The van der Waals surface area contributed by atoms with Gasteiger partial charge in [0.1, 0.15) is 16.7 Å². The molecule has 0 radical (unpaired) electrons. The Kier molecular flexibility index (Phi) is 8.82. The van der Waals surface area contributed by atoms with Crippen LogP contribution in [0.15, 0.2) is 83.8 Å². The molecule has 3 atom stereocenters. The zero-order valence-electron chi connectivity index (χ0n) is 21.7. The molecular weight excluding hydrogens is 484 g/mol. The second-order valence-corrected chi connectivity index (χ2v) is 11.7. The van der Waals surface area contributed by atoms with Crippen LogP contribution in [0.1, 0.15) is 30.5 Å². The van der Waals surface area contributed by atoms with Crippen LogP contribution < -0.4 is 4.74 Å². The average Bonchev–Trinajstić information content (AvgIpc) is 2.90. The molecule has 196 valence electrons. The van der Waals surface area contributed by atoms with E-state index in [0.717, 1.165) is 17.7 Å². The van der Waals surface area contributed by atoms with E-state index < -0.39 is 16.1 Å². The molecule has 0 bridgehead atoms. The fourth-order valence-electron chi connectivity index (χ4n) is 4.59. The highest BCUT2D eigenvalue weighted by Crippen LogP contribution is 2.34. The van der Waals surface area contributed by atoms with Gasteiger partial charge in [-0.2, -0.15) is 4.31 Å². The fraction of sp³-hybridized carbons (Fsp3) is 0.333. The zero-order valence-corrected chi connectivity index (χ0v) is 22.5. The molecular formula is C30H36N2O4S. The topological polar surface area (TPSA) is 70.1 Å². The van der Waals surface area contributed by atoms with Crippen molar-refractivity contribution < 1.29 is 18.3 Å². The van der Waals surface area contributed by atoms with Crippen LogP contribution in [-0.4, -0.2) is 61.6 Å². The molecule has 0 saturated carbocycles. The monoisotopic (exact) mass is 520 g/mol. The van der Waals surface area contributed by atoms with Crippen molar-refractivity contribution in [1.82, 2.24) is 9.21 Å². The van der Waals surface area contributed by atoms with Crippen molar-refractivity contribution >= 4 is 22.2 Å². The van der Waals surface area contributed by atoms with Crippen molar-refractivity contribution in [3.63, 3.8) is 0 Å². The van der Waals surface area contributed by atoms with Gasteiger partial charge in [0.25, 0.3) is 0 Å². The van der Waals surface area contributed by atoms with Gasteiger partial charge in [0.15, 0.2) is 0 Å². The Hall–Kier alpha value is -2.97. The van der Waals surface area contributed by atoms with E-state index in [2.05, 4.69) is 17.0 Å². The van der Waals surface area contributed by atoms with E-state index in [1.54, 1.807) is 25.1 Å². The summed E-state index contributed by atoms with van der Waals surface area (Å²) in [7, 11) is -1.81. The van der Waals surface area contributed by atoms with E-state index in [1.807, 2.05) is 74.7 Å².